The van der Waals surface area contributed by atoms with Gasteiger partial charge in [0.1, 0.15) is 0 Å². The summed E-state index contributed by atoms with van der Waals surface area (Å²) in [6, 6.07) is 6.43. The molecule has 1 heterocycles. The SMILES string of the molecule is BrC(c1ccc2c(c1)OCCCO2)C1CC2CC2C1. The molecule has 3 heteroatoms. The van der Waals surface area contributed by atoms with E-state index in [4.69, 9.17) is 9.47 Å². The Morgan fingerprint density at radius 1 is 1.00 bits per heavy atom. The van der Waals surface area contributed by atoms with Crippen molar-refractivity contribution in [1.29, 1.82) is 0 Å². The first-order valence-corrected chi connectivity index (χ1v) is 8.26. The summed E-state index contributed by atoms with van der Waals surface area (Å²) in [6.07, 6.45) is 5.25. The highest BCUT2D eigenvalue weighted by Crippen LogP contribution is 2.58. The molecule has 1 aromatic rings. The summed E-state index contributed by atoms with van der Waals surface area (Å²) in [7, 11) is 0. The number of halogens is 1. The summed E-state index contributed by atoms with van der Waals surface area (Å²) >= 11 is 3.91. The summed E-state index contributed by atoms with van der Waals surface area (Å²) in [5, 5.41) is 0. The van der Waals surface area contributed by atoms with E-state index in [-0.39, 0.29) is 0 Å². The molecule has 2 nitrogen and oxygen atoms in total. The van der Waals surface area contributed by atoms with E-state index in [1.54, 1.807) is 0 Å². The van der Waals surface area contributed by atoms with E-state index < -0.39 is 0 Å². The van der Waals surface area contributed by atoms with Crippen LogP contribution < -0.4 is 9.47 Å². The van der Waals surface area contributed by atoms with Gasteiger partial charge in [0.2, 0.25) is 0 Å². The van der Waals surface area contributed by atoms with E-state index in [1.165, 1.54) is 24.8 Å². The molecule has 0 aromatic heterocycles. The van der Waals surface area contributed by atoms with Crippen molar-refractivity contribution >= 4 is 15.9 Å². The summed E-state index contributed by atoms with van der Waals surface area (Å²) in [4.78, 5) is 0.470. The van der Waals surface area contributed by atoms with Gasteiger partial charge in [-0.2, -0.15) is 0 Å². The third-order valence-electron chi connectivity index (χ3n) is 4.78. The number of fused-ring (bicyclic) bond motifs is 2. The van der Waals surface area contributed by atoms with Crippen LogP contribution in [-0.2, 0) is 0 Å². The van der Waals surface area contributed by atoms with Crippen molar-refractivity contribution < 1.29 is 9.47 Å². The summed E-state index contributed by atoms with van der Waals surface area (Å²) < 4.78 is 11.5. The molecule has 1 aliphatic heterocycles. The van der Waals surface area contributed by atoms with Crippen molar-refractivity contribution in [2.45, 2.75) is 30.5 Å². The summed E-state index contributed by atoms with van der Waals surface area (Å²) in [6.45, 7) is 1.52. The Bertz CT molecular complexity index is 478. The van der Waals surface area contributed by atoms with Crippen molar-refractivity contribution in [2.24, 2.45) is 17.8 Å². The Labute approximate surface area is 122 Å². The Morgan fingerprint density at radius 2 is 1.74 bits per heavy atom. The lowest BCUT2D eigenvalue weighted by molar-refractivity contribution is 0.297. The maximum absolute atomic E-state index is 5.79. The average molecular weight is 323 g/mol. The summed E-state index contributed by atoms with van der Waals surface area (Å²) in [5.74, 6) is 4.68. The van der Waals surface area contributed by atoms with Gasteiger partial charge in [-0.15, -0.1) is 0 Å². The molecule has 2 aliphatic carbocycles. The quantitative estimate of drug-likeness (QED) is 0.754. The fourth-order valence-corrected chi connectivity index (χ4v) is 4.34. The third-order valence-corrected chi connectivity index (χ3v) is 6.06. The van der Waals surface area contributed by atoms with E-state index >= 15 is 0 Å². The Balaban J connectivity index is 1.55. The minimum Gasteiger partial charge on any atom is -0.490 e. The molecule has 0 saturated heterocycles. The number of hydrogen-bond acceptors (Lipinski definition) is 2. The highest BCUT2D eigenvalue weighted by Gasteiger charge is 2.47. The van der Waals surface area contributed by atoms with E-state index in [2.05, 4.69) is 34.1 Å². The molecular formula is C16H19BrO2. The zero-order chi connectivity index (χ0) is 12.8. The van der Waals surface area contributed by atoms with E-state index in [1.807, 2.05) is 0 Å². The van der Waals surface area contributed by atoms with Crippen LogP contribution in [0.3, 0.4) is 0 Å². The van der Waals surface area contributed by atoms with Gasteiger partial charge >= 0.3 is 0 Å². The number of ether oxygens (including phenoxy) is 2. The molecule has 0 N–H and O–H groups in total. The number of rotatable bonds is 2. The highest BCUT2D eigenvalue weighted by molar-refractivity contribution is 9.09. The predicted molar refractivity (Wildman–Crippen MR) is 78.0 cm³/mol. The van der Waals surface area contributed by atoms with Crippen LogP contribution in [0.1, 0.15) is 36.1 Å². The van der Waals surface area contributed by atoms with Crippen molar-refractivity contribution in [2.75, 3.05) is 13.2 Å². The first-order valence-electron chi connectivity index (χ1n) is 7.35. The van der Waals surface area contributed by atoms with Gasteiger partial charge < -0.3 is 9.47 Å². The monoisotopic (exact) mass is 322 g/mol. The van der Waals surface area contributed by atoms with Crippen molar-refractivity contribution in [1.82, 2.24) is 0 Å². The zero-order valence-corrected chi connectivity index (χ0v) is 12.6. The molecule has 2 fully saturated rings. The molecule has 3 aliphatic rings. The predicted octanol–water partition coefficient (Wildman–Crippen LogP) is 4.33. The second-order valence-corrected chi connectivity index (χ2v) is 7.13. The van der Waals surface area contributed by atoms with Gasteiger partial charge in [0.05, 0.1) is 13.2 Å². The molecule has 102 valence electrons. The van der Waals surface area contributed by atoms with Crippen LogP contribution in [0.25, 0.3) is 0 Å². The second kappa shape index (κ2) is 4.69. The highest BCUT2D eigenvalue weighted by atomic mass is 79.9. The molecule has 2 saturated carbocycles. The third kappa shape index (κ3) is 2.26. The lowest BCUT2D eigenvalue weighted by atomic mass is 9.94. The minimum atomic E-state index is 0.470. The van der Waals surface area contributed by atoms with E-state index in [0.29, 0.717) is 4.83 Å². The maximum Gasteiger partial charge on any atom is 0.161 e. The van der Waals surface area contributed by atoms with Gasteiger partial charge in [0.25, 0.3) is 0 Å². The van der Waals surface area contributed by atoms with Crippen LogP contribution in [0, 0.1) is 17.8 Å². The molecule has 0 radical (unpaired) electrons. The Hall–Kier alpha value is -0.700. The summed E-state index contributed by atoms with van der Waals surface area (Å²) in [5.41, 5.74) is 1.34. The average Bonchev–Trinajstić information content (AvgIpc) is 3.12. The van der Waals surface area contributed by atoms with Gasteiger partial charge in [-0.3, -0.25) is 0 Å². The normalized spacial score (nSPS) is 33.4. The maximum atomic E-state index is 5.79. The first-order chi connectivity index (χ1) is 9.31. The largest absolute Gasteiger partial charge is 0.490 e. The molecule has 4 rings (SSSR count). The van der Waals surface area contributed by atoms with Crippen LogP contribution in [0.2, 0.25) is 0 Å². The van der Waals surface area contributed by atoms with Crippen molar-refractivity contribution in [3.8, 4) is 11.5 Å². The van der Waals surface area contributed by atoms with E-state index in [0.717, 1.165) is 48.9 Å². The Morgan fingerprint density at radius 3 is 2.53 bits per heavy atom. The standard InChI is InChI=1S/C16H19BrO2/c17-16(13-7-11-6-12(11)8-13)10-2-3-14-15(9-10)19-5-1-4-18-14/h2-3,9,11-13,16H,1,4-8H2. The zero-order valence-electron chi connectivity index (χ0n) is 11.0. The van der Waals surface area contributed by atoms with Gasteiger partial charge in [0.15, 0.2) is 11.5 Å². The van der Waals surface area contributed by atoms with Gasteiger partial charge in [-0.05, 0) is 54.7 Å². The van der Waals surface area contributed by atoms with Gasteiger partial charge in [-0.1, -0.05) is 22.0 Å². The van der Waals surface area contributed by atoms with E-state index in [9.17, 15) is 0 Å². The lowest BCUT2D eigenvalue weighted by Crippen LogP contribution is -2.06. The fraction of sp³-hybridized carbons (Fsp3) is 0.625. The van der Waals surface area contributed by atoms with Gasteiger partial charge in [0, 0.05) is 11.2 Å². The molecule has 3 unspecified atom stereocenters. The van der Waals surface area contributed by atoms with Gasteiger partial charge in [-0.25, -0.2) is 0 Å². The number of alkyl halides is 1. The topological polar surface area (TPSA) is 18.5 Å². The fourth-order valence-electron chi connectivity index (χ4n) is 3.62. The number of benzene rings is 1. The van der Waals surface area contributed by atoms with Crippen LogP contribution in [0.15, 0.2) is 18.2 Å². The lowest BCUT2D eigenvalue weighted by Gasteiger charge is -2.20. The smallest absolute Gasteiger partial charge is 0.161 e. The Kier molecular flexibility index (Phi) is 2.98. The molecule has 0 amide bonds. The van der Waals surface area contributed by atoms with Crippen LogP contribution in [-0.4, -0.2) is 13.2 Å². The number of hydrogen-bond donors (Lipinski definition) is 0. The van der Waals surface area contributed by atoms with Crippen LogP contribution in [0.5, 0.6) is 11.5 Å². The molecule has 0 spiro atoms. The first kappa shape index (κ1) is 12.1. The molecule has 0 bridgehead atoms. The van der Waals surface area contributed by atoms with Crippen molar-refractivity contribution in [3.63, 3.8) is 0 Å². The molecule has 19 heavy (non-hydrogen) atoms. The minimum absolute atomic E-state index is 0.470. The molecule has 1 aromatic carbocycles. The van der Waals surface area contributed by atoms with Crippen LogP contribution in [0.4, 0.5) is 0 Å². The van der Waals surface area contributed by atoms with Crippen LogP contribution >= 0.6 is 15.9 Å². The van der Waals surface area contributed by atoms with Crippen molar-refractivity contribution in [3.05, 3.63) is 23.8 Å². The second-order valence-electron chi connectivity index (χ2n) is 6.15. The molecular weight excluding hydrogens is 304 g/mol. The molecule has 3 atom stereocenters.